The fraction of sp³-hybridized carbons (Fsp3) is 1.00. The Kier molecular flexibility index (Phi) is 4.42. The molecule has 0 saturated heterocycles. The molecular weight excluding hydrogens is 170 g/mol. The number of unbranched alkanes of at least 4 members (excludes halogenated alkanes) is 1. The van der Waals surface area contributed by atoms with Gasteiger partial charge in [0, 0.05) is 5.17 Å². The van der Waals surface area contributed by atoms with Crippen LogP contribution < -0.4 is 0 Å². The molecule has 12 heavy (non-hydrogen) atoms. The van der Waals surface area contributed by atoms with Crippen LogP contribution in [0.4, 0.5) is 0 Å². The number of hydroxylamine groups is 1. The molecule has 0 bridgehead atoms. The lowest BCUT2D eigenvalue weighted by atomic mass is 10.3. The Morgan fingerprint density at radius 2 is 2.00 bits per heavy atom. The number of rotatable bonds is 6. The van der Waals surface area contributed by atoms with Gasteiger partial charge < -0.3 is 0 Å². The lowest BCUT2D eigenvalue weighted by Crippen LogP contribution is -2.33. The molecule has 0 N–H and O–H groups in total. The molecule has 70 valence electrons. The number of nitrogens with zero attached hydrogens (tertiary/aromatic N) is 3. The summed E-state index contributed by atoms with van der Waals surface area (Å²) in [5.41, 5.74) is 0. The molecule has 0 unspecified atom stereocenters. The molecule has 0 amide bonds. The van der Waals surface area contributed by atoms with E-state index in [4.69, 9.17) is 0 Å². The largest absolute Gasteiger partial charge is 0.321 e. The molecule has 0 aliphatic rings. The Labute approximate surface area is 67.9 Å². The smallest absolute Gasteiger partial charge is 0.233 e. The zero-order valence-electron chi connectivity index (χ0n) is 6.50. The highest BCUT2D eigenvalue weighted by atomic mass is 17.1. The van der Waals surface area contributed by atoms with E-state index < -0.39 is 10.1 Å². The van der Waals surface area contributed by atoms with Gasteiger partial charge in [-0.1, -0.05) is 13.3 Å². The van der Waals surface area contributed by atoms with Crippen molar-refractivity contribution in [3.8, 4) is 0 Å². The van der Waals surface area contributed by atoms with Crippen LogP contribution in [0.3, 0.4) is 0 Å². The van der Waals surface area contributed by atoms with Crippen LogP contribution in [0.25, 0.3) is 0 Å². The lowest BCUT2D eigenvalue weighted by molar-refractivity contribution is -0.918. The predicted molar refractivity (Wildman–Crippen MR) is 36.7 cm³/mol. The topological polar surface area (TPSA) is 98.8 Å². The van der Waals surface area contributed by atoms with E-state index in [1.807, 2.05) is 6.92 Å². The first-order valence-electron chi connectivity index (χ1n) is 3.32. The summed E-state index contributed by atoms with van der Waals surface area (Å²) in [6.07, 6.45) is 1.17. The molecule has 0 aromatic rings. The van der Waals surface area contributed by atoms with Crippen molar-refractivity contribution in [1.82, 2.24) is 5.17 Å². The number of hydrazine groups is 1. The van der Waals surface area contributed by atoms with Gasteiger partial charge in [-0.15, -0.1) is 15.1 Å². The SMILES string of the molecule is CCCCN(O[N+](=O)[O-])[N+](=O)[O-]. The second-order valence-corrected chi connectivity index (χ2v) is 1.97. The van der Waals surface area contributed by atoms with E-state index in [0.29, 0.717) is 12.8 Å². The fourth-order valence-electron chi connectivity index (χ4n) is 0.523. The van der Waals surface area contributed by atoms with Crippen LogP contribution in [0.2, 0.25) is 0 Å². The van der Waals surface area contributed by atoms with Crippen LogP contribution in [0, 0.1) is 20.2 Å². The second-order valence-electron chi connectivity index (χ2n) is 1.97. The molecule has 0 aromatic heterocycles. The molecule has 0 spiro atoms. The first kappa shape index (κ1) is 10.4. The standard InChI is InChI=1S/C4H9N3O5/c1-2-3-4-5(6(8)9)12-7(10)11/h2-4H2,1H3. The van der Waals surface area contributed by atoms with E-state index in [-0.39, 0.29) is 11.7 Å². The maximum Gasteiger partial charge on any atom is 0.321 e. The van der Waals surface area contributed by atoms with E-state index in [2.05, 4.69) is 4.94 Å². The van der Waals surface area contributed by atoms with E-state index >= 15 is 0 Å². The van der Waals surface area contributed by atoms with Crippen molar-refractivity contribution in [2.75, 3.05) is 6.54 Å². The van der Waals surface area contributed by atoms with Gasteiger partial charge in [0.2, 0.25) is 0 Å². The van der Waals surface area contributed by atoms with Gasteiger partial charge in [0.15, 0.2) is 5.03 Å². The van der Waals surface area contributed by atoms with Gasteiger partial charge in [-0.05, 0) is 6.42 Å². The summed E-state index contributed by atoms with van der Waals surface area (Å²) in [5.74, 6) is 0. The van der Waals surface area contributed by atoms with Crippen molar-refractivity contribution in [2.24, 2.45) is 0 Å². The number of hydrogen-bond acceptors (Lipinski definition) is 5. The highest BCUT2D eigenvalue weighted by Crippen LogP contribution is 1.96. The van der Waals surface area contributed by atoms with Crippen LogP contribution in [0.1, 0.15) is 19.8 Å². The van der Waals surface area contributed by atoms with Gasteiger partial charge in [0.25, 0.3) is 0 Å². The monoisotopic (exact) mass is 179 g/mol. The minimum Gasteiger partial charge on any atom is -0.233 e. The molecule has 0 aliphatic carbocycles. The quantitative estimate of drug-likeness (QED) is 0.432. The highest BCUT2D eigenvalue weighted by Gasteiger charge is 2.17. The summed E-state index contributed by atoms with van der Waals surface area (Å²) in [6.45, 7) is 1.72. The fourth-order valence-corrected chi connectivity index (χ4v) is 0.523. The summed E-state index contributed by atoms with van der Waals surface area (Å²) < 4.78 is 0. The van der Waals surface area contributed by atoms with Gasteiger partial charge >= 0.3 is 5.09 Å². The Morgan fingerprint density at radius 3 is 2.33 bits per heavy atom. The van der Waals surface area contributed by atoms with Gasteiger partial charge in [-0.3, -0.25) is 0 Å². The van der Waals surface area contributed by atoms with E-state index in [1.54, 1.807) is 0 Å². The normalized spacial score (nSPS) is 9.08. The number of hydrogen-bond donors (Lipinski definition) is 0. The van der Waals surface area contributed by atoms with Crippen molar-refractivity contribution in [3.63, 3.8) is 0 Å². The average Bonchev–Trinajstić information content (AvgIpc) is 1.96. The third-order valence-electron chi connectivity index (χ3n) is 1.05. The van der Waals surface area contributed by atoms with Crippen LogP contribution in [-0.4, -0.2) is 21.8 Å². The molecule has 0 atom stereocenters. The molecule has 8 heteroatoms. The maximum atomic E-state index is 10.0. The lowest BCUT2D eigenvalue weighted by Gasteiger charge is -2.07. The highest BCUT2D eigenvalue weighted by molar-refractivity contribution is 4.32. The van der Waals surface area contributed by atoms with Gasteiger partial charge in [-0.2, -0.15) is 0 Å². The van der Waals surface area contributed by atoms with E-state index in [0.717, 1.165) is 0 Å². The summed E-state index contributed by atoms with van der Waals surface area (Å²) in [4.78, 5) is 23.4. The van der Waals surface area contributed by atoms with Crippen molar-refractivity contribution in [3.05, 3.63) is 20.2 Å². The van der Waals surface area contributed by atoms with Gasteiger partial charge in [0.1, 0.15) is 6.54 Å². The average molecular weight is 179 g/mol. The molecule has 0 aliphatic heterocycles. The summed E-state index contributed by atoms with van der Waals surface area (Å²) in [6, 6.07) is 0. The second kappa shape index (κ2) is 5.10. The minimum absolute atomic E-state index is 0.0928. The zero-order chi connectivity index (χ0) is 9.56. The molecule has 8 nitrogen and oxygen atoms in total. The van der Waals surface area contributed by atoms with Gasteiger partial charge in [0.05, 0.1) is 0 Å². The summed E-state index contributed by atoms with van der Waals surface area (Å²) >= 11 is 0. The summed E-state index contributed by atoms with van der Waals surface area (Å²) in [5, 5.41) is 17.7. The van der Waals surface area contributed by atoms with Crippen LogP contribution in [0.5, 0.6) is 0 Å². The van der Waals surface area contributed by atoms with Crippen molar-refractivity contribution < 1.29 is 15.1 Å². The zero-order valence-corrected chi connectivity index (χ0v) is 6.50. The first-order chi connectivity index (χ1) is 5.57. The first-order valence-corrected chi connectivity index (χ1v) is 3.32. The Morgan fingerprint density at radius 1 is 1.42 bits per heavy atom. The van der Waals surface area contributed by atoms with Crippen LogP contribution >= 0.6 is 0 Å². The minimum atomic E-state index is -1.21. The predicted octanol–water partition coefficient (Wildman–Crippen LogP) is 0.403. The van der Waals surface area contributed by atoms with Crippen molar-refractivity contribution in [2.45, 2.75) is 19.8 Å². The summed E-state index contributed by atoms with van der Waals surface area (Å²) in [7, 11) is 0. The molecular formula is C4H9N3O5. The molecule has 0 rings (SSSR count). The van der Waals surface area contributed by atoms with E-state index in [9.17, 15) is 20.2 Å². The van der Waals surface area contributed by atoms with Crippen LogP contribution in [0.15, 0.2) is 0 Å². The third-order valence-corrected chi connectivity index (χ3v) is 1.05. The van der Waals surface area contributed by atoms with Crippen LogP contribution in [-0.2, 0) is 4.94 Å². The maximum absolute atomic E-state index is 10.0. The van der Waals surface area contributed by atoms with Crippen molar-refractivity contribution in [1.29, 1.82) is 0 Å². The van der Waals surface area contributed by atoms with Gasteiger partial charge in [-0.25, -0.2) is 10.1 Å². The Hall–Kier alpha value is -1.60. The molecule has 0 radical (unpaired) electrons. The van der Waals surface area contributed by atoms with E-state index in [1.165, 1.54) is 0 Å². The number of nitro groups is 1. The Balaban J connectivity index is 3.87. The molecule has 0 saturated carbocycles. The van der Waals surface area contributed by atoms with Crippen molar-refractivity contribution >= 4 is 0 Å². The third kappa shape index (κ3) is 4.25. The molecule has 0 aromatic carbocycles. The molecule has 0 fully saturated rings. The molecule has 0 heterocycles. The Bertz CT molecular complexity index is 172.